The highest BCUT2D eigenvalue weighted by atomic mass is 35.5. The van der Waals surface area contributed by atoms with Crippen LogP contribution in [0.25, 0.3) is 11.1 Å². The molecular formula is C29H25Cl2N5O2. The second-order valence-electron chi connectivity index (χ2n) is 8.81. The third-order valence-corrected chi connectivity index (χ3v) is 6.87. The monoisotopic (exact) mass is 545 g/mol. The SMILES string of the molecule is Cc1nn(Cc2ccc(Cl)c(Cl)c2)c(C)c1NC(=O)c1ccn(COc2ccc(-c3ccccc3)cc2)n1. The molecule has 2 aromatic heterocycles. The van der Waals surface area contributed by atoms with Crippen LogP contribution in [0.15, 0.2) is 85.1 Å². The molecular weight excluding hydrogens is 521 g/mol. The molecule has 0 saturated carbocycles. The van der Waals surface area contributed by atoms with Gasteiger partial charge in [0.1, 0.15) is 5.75 Å². The van der Waals surface area contributed by atoms with Crippen molar-refractivity contribution >= 4 is 34.8 Å². The Morgan fingerprint density at radius 3 is 2.37 bits per heavy atom. The van der Waals surface area contributed by atoms with Gasteiger partial charge in [-0.1, -0.05) is 71.7 Å². The van der Waals surface area contributed by atoms with Crippen molar-refractivity contribution in [2.24, 2.45) is 0 Å². The number of halogens is 2. The summed E-state index contributed by atoms with van der Waals surface area (Å²) in [4.78, 5) is 12.9. The fraction of sp³-hybridized carbons (Fsp3) is 0.138. The quantitative estimate of drug-likeness (QED) is 0.227. The number of rotatable bonds is 8. The molecule has 0 atom stereocenters. The van der Waals surface area contributed by atoms with Crippen LogP contribution in [0.4, 0.5) is 5.69 Å². The molecule has 0 bridgehead atoms. The molecule has 0 fully saturated rings. The number of hydrogen-bond donors (Lipinski definition) is 1. The summed E-state index contributed by atoms with van der Waals surface area (Å²) in [5, 5.41) is 12.9. The van der Waals surface area contributed by atoms with Crippen LogP contribution in [0.1, 0.15) is 27.4 Å². The van der Waals surface area contributed by atoms with E-state index >= 15 is 0 Å². The molecule has 9 heteroatoms. The number of ether oxygens (including phenoxy) is 1. The number of aromatic nitrogens is 4. The molecule has 2 heterocycles. The van der Waals surface area contributed by atoms with E-state index in [0.717, 1.165) is 22.4 Å². The lowest BCUT2D eigenvalue weighted by molar-refractivity contribution is 0.102. The molecule has 1 N–H and O–H groups in total. The highest BCUT2D eigenvalue weighted by molar-refractivity contribution is 6.42. The zero-order valence-electron chi connectivity index (χ0n) is 20.9. The zero-order chi connectivity index (χ0) is 26.6. The van der Waals surface area contributed by atoms with Crippen LogP contribution in [0.5, 0.6) is 5.75 Å². The average molecular weight is 546 g/mol. The van der Waals surface area contributed by atoms with E-state index in [4.69, 9.17) is 27.9 Å². The Bertz CT molecular complexity index is 1580. The molecule has 0 spiro atoms. The van der Waals surface area contributed by atoms with Gasteiger partial charge in [0.2, 0.25) is 0 Å². The van der Waals surface area contributed by atoms with Crippen LogP contribution in [0.2, 0.25) is 10.0 Å². The van der Waals surface area contributed by atoms with Gasteiger partial charge in [-0.3, -0.25) is 9.48 Å². The van der Waals surface area contributed by atoms with Crippen molar-refractivity contribution in [2.45, 2.75) is 27.1 Å². The molecule has 0 radical (unpaired) electrons. The summed E-state index contributed by atoms with van der Waals surface area (Å²) in [5.74, 6) is 0.392. The van der Waals surface area contributed by atoms with E-state index in [0.29, 0.717) is 33.7 Å². The summed E-state index contributed by atoms with van der Waals surface area (Å²) in [7, 11) is 0. The van der Waals surface area contributed by atoms with Gasteiger partial charge in [0.25, 0.3) is 5.91 Å². The minimum atomic E-state index is -0.323. The maximum Gasteiger partial charge on any atom is 0.276 e. The lowest BCUT2D eigenvalue weighted by Crippen LogP contribution is -2.15. The van der Waals surface area contributed by atoms with Crippen LogP contribution in [0, 0.1) is 13.8 Å². The van der Waals surface area contributed by atoms with E-state index in [2.05, 4.69) is 27.6 Å². The maximum atomic E-state index is 12.9. The molecule has 5 rings (SSSR count). The molecule has 0 aliphatic heterocycles. The third kappa shape index (κ3) is 5.74. The predicted molar refractivity (Wildman–Crippen MR) is 150 cm³/mol. The first-order valence-electron chi connectivity index (χ1n) is 12.0. The predicted octanol–water partition coefficient (Wildman–Crippen LogP) is 7.01. The molecule has 7 nitrogen and oxygen atoms in total. The normalized spacial score (nSPS) is 10.9. The Morgan fingerprint density at radius 2 is 1.63 bits per heavy atom. The number of hydrogen-bond acceptors (Lipinski definition) is 4. The molecule has 5 aromatic rings. The highest BCUT2D eigenvalue weighted by Gasteiger charge is 2.17. The van der Waals surface area contributed by atoms with Crippen molar-refractivity contribution < 1.29 is 9.53 Å². The van der Waals surface area contributed by atoms with Crippen LogP contribution in [-0.2, 0) is 13.3 Å². The summed E-state index contributed by atoms with van der Waals surface area (Å²) >= 11 is 12.2. The lowest BCUT2D eigenvalue weighted by atomic mass is 10.1. The van der Waals surface area contributed by atoms with Crippen molar-refractivity contribution in [2.75, 3.05) is 5.32 Å². The molecule has 0 unspecified atom stereocenters. The number of nitrogens with zero attached hydrogens (tertiary/aromatic N) is 4. The number of anilines is 1. The zero-order valence-corrected chi connectivity index (χ0v) is 22.4. The average Bonchev–Trinajstić information content (AvgIpc) is 3.51. The van der Waals surface area contributed by atoms with Crippen molar-refractivity contribution in [3.05, 3.63) is 118 Å². The lowest BCUT2D eigenvalue weighted by Gasteiger charge is -2.08. The van der Waals surface area contributed by atoms with Gasteiger partial charge in [0, 0.05) is 6.20 Å². The van der Waals surface area contributed by atoms with Gasteiger partial charge in [-0.25, -0.2) is 4.68 Å². The van der Waals surface area contributed by atoms with Crippen LogP contribution < -0.4 is 10.1 Å². The molecule has 0 aliphatic rings. The van der Waals surface area contributed by atoms with E-state index in [1.165, 1.54) is 0 Å². The number of carbonyl (C=O) groups excluding carboxylic acids is 1. The van der Waals surface area contributed by atoms with E-state index in [1.807, 2.05) is 73.1 Å². The Labute approximate surface area is 230 Å². The van der Waals surface area contributed by atoms with E-state index in [1.54, 1.807) is 23.0 Å². The number of amides is 1. The van der Waals surface area contributed by atoms with E-state index in [-0.39, 0.29) is 18.3 Å². The molecule has 3 aromatic carbocycles. The Kier molecular flexibility index (Phi) is 7.49. The molecule has 38 heavy (non-hydrogen) atoms. The summed E-state index contributed by atoms with van der Waals surface area (Å²) < 4.78 is 9.24. The molecule has 192 valence electrons. The van der Waals surface area contributed by atoms with E-state index in [9.17, 15) is 4.79 Å². The molecule has 0 aliphatic carbocycles. The maximum absolute atomic E-state index is 12.9. The van der Waals surface area contributed by atoms with Crippen LogP contribution in [0.3, 0.4) is 0 Å². The van der Waals surface area contributed by atoms with E-state index < -0.39 is 0 Å². The summed E-state index contributed by atoms with van der Waals surface area (Å²) in [5.41, 5.74) is 5.68. The second kappa shape index (κ2) is 11.1. The number of benzene rings is 3. The van der Waals surface area contributed by atoms with Gasteiger partial charge >= 0.3 is 0 Å². The van der Waals surface area contributed by atoms with Crippen LogP contribution >= 0.6 is 23.2 Å². The van der Waals surface area contributed by atoms with Gasteiger partial charge < -0.3 is 10.1 Å². The van der Waals surface area contributed by atoms with Gasteiger partial charge in [-0.2, -0.15) is 10.2 Å². The first-order chi connectivity index (χ1) is 18.4. The number of aryl methyl sites for hydroxylation is 1. The largest absolute Gasteiger partial charge is 0.471 e. The van der Waals surface area contributed by atoms with Crippen molar-refractivity contribution in [1.82, 2.24) is 19.6 Å². The van der Waals surface area contributed by atoms with Crippen molar-refractivity contribution in [1.29, 1.82) is 0 Å². The first-order valence-corrected chi connectivity index (χ1v) is 12.7. The minimum Gasteiger partial charge on any atom is -0.471 e. The summed E-state index contributed by atoms with van der Waals surface area (Å²) in [6.07, 6.45) is 1.71. The summed E-state index contributed by atoms with van der Waals surface area (Å²) in [6, 6.07) is 25.1. The summed E-state index contributed by atoms with van der Waals surface area (Å²) in [6.45, 7) is 4.43. The molecule has 0 saturated heterocycles. The van der Waals surface area contributed by atoms with Gasteiger partial charge in [-0.05, 0) is 60.9 Å². The Hall–Kier alpha value is -4.07. The number of carbonyl (C=O) groups is 1. The molecule has 1 amide bonds. The topological polar surface area (TPSA) is 74.0 Å². The third-order valence-electron chi connectivity index (χ3n) is 6.13. The smallest absolute Gasteiger partial charge is 0.276 e. The number of nitrogens with one attached hydrogen (secondary N) is 1. The minimum absolute atomic E-state index is 0.178. The van der Waals surface area contributed by atoms with Gasteiger partial charge in [0.15, 0.2) is 12.4 Å². The standard InChI is InChI=1S/C29H25Cl2N5O2/c1-19-28(20(2)36(33-19)17-21-8-13-25(30)26(31)16-21)32-29(37)27-14-15-35(34-27)18-38-24-11-9-23(10-12-24)22-6-4-3-5-7-22/h3-16H,17-18H2,1-2H3,(H,32,37). The van der Waals surface area contributed by atoms with Crippen molar-refractivity contribution in [3.63, 3.8) is 0 Å². The van der Waals surface area contributed by atoms with Gasteiger partial charge in [0.05, 0.1) is 33.7 Å². The fourth-order valence-electron chi connectivity index (χ4n) is 4.09. The second-order valence-corrected chi connectivity index (χ2v) is 9.62. The van der Waals surface area contributed by atoms with Crippen LogP contribution in [-0.4, -0.2) is 25.5 Å². The fourth-order valence-corrected chi connectivity index (χ4v) is 4.41. The Balaban J connectivity index is 1.20. The van der Waals surface area contributed by atoms with Gasteiger partial charge in [-0.15, -0.1) is 0 Å². The first kappa shape index (κ1) is 25.6. The highest BCUT2D eigenvalue weighted by Crippen LogP contribution is 2.26. The van der Waals surface area contributed by atoms with Crippen molar-refractivity contribution in [3.8, 4) is 16.9 Å². The Morgan fingerprint density at radius 1 is 0.895 bits per heavy atom.